The highest BCUT2D eigenvalue weighted by molar-refractivity contribution is 5.81. The van der Waals surface area contributed by atoms with Gasteiger partial charge in [-0.1, -0.05) is 24.6 Å². The highest BCUT2D eigenvalue weighted by Crippen LogP contribution is 2.16. The molecule has 1 aromatic rings. The van der Waals surface area contributed by atoms with Crippen LogP contribution in [0.1, 0.15) is 31.2 Å². The third kappa shape index (κ3) is 4.74. The lowest BCUT2D eigenvalue weighted by atomic mass is 10.0. The van der Waals surface area contributed by atoms with Gasteiger partial charge in [0.1, 0.15) is 5.75 Å². The molecular formula is C17H26N2O2. The van der Waals surface area contributed by atoms with Crippen molar-refractivity contribution in [3.63, 3.8) is 0 Å². The van der Waals surface area contributed by atoms with Gasteiger partial charge in [0.2, 0.25) is 5.91 Å². The first-order valence-electron chi connectivity index (χ1n) is 7.85. The zero-order valence-electron chi connectivity index (χ0n) is 13.1. The van der Waals surface area contributed by atoms with Crippen molar-refractivity contribution in [1.82, 2.24) is 10.2 Å². The molecule has 116 valence electrons. The molecule has 4 nitrogen and oxygen atoms in total. The maximum atomic E-state index is 12.2. The molecule has 4 heteroatoms. The van der Waals surface area contributed by atoms with E-state index in [9.17, 15) is 4.79 Å². The van der Waals surface area contributed by atoms with E-state index in [1.165, 1.54) is 6.42 Å². The third-order valence-corrected chi connectivity index (χ3v) is 3.97. The molecule has 0 aromatic heterocycles. The largest absolute Gasteiger partial charge is 0.493 e. The van der Waals surface area contributed by atoms with Gasteiger partial charge in [0.05, 0.1) is 12.6 Å². The molecule has 1 aliphatic rings. The molecule has 1 amide bonds. The van der Waals surface area contributed by atoms with Gasteiger partial charge in [-0.3, -0.25) is 4.79 Å². The van der Waals surface area contributed by atoms with Crippen LogP contribution >= 0.6 is 0 Å². The number of hydrogen-bond acceptors (Lipinski definition) is 3. The number of aryl methyl sites for hydroxylation is 1. The maximum absolute atomic E-state index is 12.2. The van der Waals surface area contributed by atoms with Crippen LogP contribution in [0.5, 0.6) is 5.75 Å². The number of benzene rings is 1. The van der Waals surface area contributed by atoms with E-state index in [0.717, 1.165) is 43.7 Å². The number of rotatable bonds is 6. The van der Waals surface area contributed by atoms with Gasteiger partial charge in [-0.05, 0) is 44.4 Å². The Labute approximate surface area is 127 Å². The summed E-state index contributed by atoms with van der Waals surface area (Å²) in [6.07, 6.45) is 4.14. The zero-order valence-corrected chi connectivity index (χ0v) is 13.1. The average Bonchev–Trinajstić information content (AvgIpc) is 2.53. The lowest BCUT2D eigenvalue weighted by molar-refractivity contribution is -0.132. The van der Waals surface area contributed by atoms with E-state index < -0.39 is 0 Å². The zero-order chi connectivity index (χ0) is 15.1. The van der Waals surface area contributed by atoms with Gasteiger partial charge in [0, 0.05) is 13.6 Å². The van der Waals surface area contributed by atoms with E-state index in [0.29, 0.717) is 6.61 Å². The number of ether oxygens (including phenoxy) is 1. The summed E-state index contributed by atoms with van der Waals surface area (Å²) in [5.74, 6) is 1.14. The number of carbonyl (C=O) groups is 1. The van der Waals surface area contributed by atoms with Crippen molar-refractivity contribution in [2.75, 3.05) is 26.7 Å². The third-order valence-electron chi connectivity index (χ3n) is 3.97. The Kier molecular flexibility index (Phi) is 6.05. The van der Waals surface area contributed by atoms with E-state index in [1.807, 2.05) is 43.1 Å². The normalized spacial score (nSPS) is 18.3. The van der Waals surface area contributed by atoms with E-state index in [4.69, 9.17) is 4.74 Å². The number of amides is 1. The Balaban J connectivity index is 1.68. The van der Waals surface area contributed by atoms with Crippen molar-refractivity contribution in [1.29, 1.82) is 0 Å². The van der Waals surface area contributed by atoms with Crippen LogP contribution in [0.25, 0.3) is 0 Å². The molecule has 1 aliphatic heterocycles. The summed E-state index contributed by atoms with van der Waals surface area (Å²) in [5.41, 5.74) is 1.15. The second kappa shape index (κ2) is 8.03. The van der Waals surface area contributed by atoms with Gasteiger partial charge in [-0.25, -0.2) is 0 Å². The molecule has 1 atom stereocenters. The molecule has 0 saturated carbocycles. The highest BCUT2D eigenvalue weighted by atomic mass is 16.5. The molecule has 0 radical (unpaired) electrons. The molecule has 1 heterocycles. The first kappa shape index (κ1) is 15.8. The van der Waals surface area contributed by atoms with E-state index in [1.54, 1.807) is 0 Å². The second-order valence-electron chi connectivity index (χ2n) is 5.73. The number of para-hydroxylation sites is 1. The van der Waals surface area contributed by atoms with Gasteiger partial charge in [0.15, 0.2) is 0 Å². The Morgan fingerprint density at radius 1 is 1.38 bits per heavy atom. The lowest BCUT2D eigenvalue weighted by Crippen LogP contribution is -2.47. The van der Waals surface area contributed by atoms with Crippen LogP contribution in [-0.4, -0.2) is 43.6 Å². The van der Waals surface area contributed by atoms with E-state index in [-0.39, 0.29) is 11.9 Å². The topological polar surface area (TPSA) is 41.6 Å². The fourth-order valence-electron chi connectivity index (χ4n) is 2.64. The summed E-state index contributed by atoms with van der Waals surface area (Å²) in [4.78, 5) is 14.1. The molecule has 21 heavy (non-hydrogen) atoms. The van der Waals surface area contributed by atoms with Gasteiger partial charge in [0.25, 0.3) is 0 Å². The summed E-state index contributed by atoms with van der Waals surface area (Å²) in [6, 6.07) is 8.02. The number of nitrogens with one attached hydrogen (secondary N) is 1. The minimum absolute atomic E-state index is 0.0148. The summed E-state index contributed by atoms with van der Waals surface area (Å²) < 4.78 is 5.76. The minimum atomic E-state index is 0.0148. The standard InChI is InChI=1S/C17H26N2O2/c1-14-8-3-4-10-16(14)21-13-7-12-19(2)17(20)15-9-5-6-11-18-15/h3-4,8,10,15,18H,5-7,9,11-13H2,1-2H3. The molecular weight excluding hydrogens is 264 g/mol. The van der Waals surface area contributed by atoms with Crippen molar-refractivity contribution in [2.24, 2.45) is 0 Å². The van der Waals surface area contributed by atoms with Gasteiger partial charge in [-0.15, -0.1) is 0 Å². The molecule has 1 N–H and O–H groups in total. The summed E-state index contributed by atoms with van der Waals surface area (Å²) in [6.45, 7) is 4.38. The predicted octanol–water partition coefficient (Wildman–Crippen LogP) is 2.36. The van der Waals surface area contributed by atoms with Gasteiger partial charge >= 0.3 is 0 Å². The Morgan fingerprint density at radius 3 is 2.90 bits per heavy atom. The lowest BCUT2D eigenvalue weighted by Gasteiger charge is -2.27. The Bertz CT molecular complexity index is 456. The Hall–Kier alpha value is -1.55. The first-order chi connectivity index (χ1) is 10.2. The van der Waals surface area contributed by atoms with Crippen molar-refractivity contribution in [2.45, 2.75) is 38.6 Å². The molecule has 1 aromatic carbocycles. The van der Waals surface area contributed by atoms with Crippen molar-refractivity contribution < 1.29 is 9.53 Å². The molecule has 0 aliphatic carbocycles. The predicted molar refractivity (Wildman–Crippen MR) is 84.6 cm³/mol. The molecule has 1 unspecified atom stereocenters. The number of hydrogen-bond donors (Lipinski definition) is 1. The van der Waals surface area contributed by atoms with E-state index in [2.05, 4.69) is 5.32 Å². The van der Waals surface area contributed by atoms with Crippen LogP contribution in [0, 0.1) is 6.92 Å². The second-order valence-corrected chi connectivity index (χ2v) is 5.73. The molecule has 1 fully saturated rings. The number of nitrogens with zero attached hydrogens (tertiary/aromatic N) is 1. The minimum Gasteiger partial charge on any atom is -0.493 e. The number of piperidine rings is 1. The smallest absolute Gasteiger partial charge is 0.239 e. The SMILES string of the molecule is Cc1ccccc1OCCCN(C)C(=O)C1CCCCN1. The van der Waals surface area contributed by atoms with Crippen LogP contribution < -0.4 is 10.1 Å². The van der Waals surface area contributed by atoms with Crippen molar-refractivity contribution in [3.8, 4) is 5.75 Å². The summed E-state index contributed by atoms with van der Waals surface area (Å²) >= 11 is 0. The first-order valence-corrected chi connectivity index (χ1v) is 7.85. The summed E-state index contributed by atoms with van der Waals surface area (Å²) in [7, 11) is 1.88. The van der Waals surface area contributed by atoms with Gasteiger partial charge < -0.3 is 15.0 Å². The van der Waals surface area contributed by atoms with Gasteiger partial charge in [-0.2, -0.15) is 0 Å². The van der Waals surface area contributed by atoms with Crippen LogP contribution in [0.4, 0.5) is 0 Å². The van der Waals surface area contributed by atoms with Crippen LogP contribution in [-0.2, 0) is 4.79 Å². The van der Waals surface area contributed by atoms with Crippen molar-refractivity contribution in [3.05, 3.63) is 29.8 Å². The number of carbonyl (C=O) groups excluding carboxylic acids is 1. The van der Waals surface area contributed by atoms with Crippen molar-refractivity contribution >= 4 is 5.91 Å². The highest BCUT2D eigenvalue weighted by Gasteiger charge is 2.23. The van der Waals surface area contributed by atoms with E-state index >= 15 is 0 Å². The molecule has 2 rings (SSSR count). The Morgan fingerprint density at radius 2 is 2.19 bits per heavy atom. The average molecular weight is 290 g/mol. The fourth-order valence-corrected chi connectivity index (χ4v) is 2.64. The monoisotopic (exact) mass is 290 g/mol. The molecule has 1 saturated heterocycles. The van der Waals surface area contributed by atoms with Crippen LogP contribution in [0.15, 0.2) is 24.3 Å². The van der Waals surface area contributed by atoms with Crippen LogP contribution in [0.2, 0.25) is 0 Å². The fraction of sp³-hybridized carbons (Fsp3) is 0.588. The molecule has 0 spiro atoms. The summed E-state index contributed by atoms with van der Waals surface area (Å²) in [5, 5.41) is 3.30. The number of likely N-dealkylation sites (N-methyl/N-ethyl adjacent to an activating group) is 1. The quantitative estimate of drug-likeness (QED) is 0.818. The maximum Gasteiger partial charge on any atom is 0.239 e. The van der Waals surface area contributed by atoms with Crippen LogP contribution in [0.3, 0.4) is 0 Å². The molecule has 0 bridgehead atoms.